The average molecular weight is 475 g/mol. The second kappa shape index (κ2) is 10.5. The highest BCUT2D eigenvalue weighted by Crippen LogP contribution is 2.26. The topological polar surface area (TPSA) is 74.8 Å². The molecule has 0 fully saturated rings. The molecule has 0 spiro atoms. The maximum atomic E-state index is 5.51. The molecule has 0 bridgehead atoms. The number of pyridine rings is 1. The number of rotatable bonds is 6. The highest BCUT2D eigenvalue weighted by atomic mass is 32.1. The number of nitrogens with zero attached hydrogens (tertiary/aromatic N) is 3. The summed E-state index contributed by atoms with van der Waals surface area (Å²) in [5.74, 6) is 0.563. The van der Waals surface area contributed by atoms with Crippen LogP contribution in [0.5, 0.6) is 0 Å². The fourth-order valence-electron chi connectivity index (χ4n) is 3.54. The molecule has 35 heavy (non-hydrogen) atoms. The third kappa shape index (κ3) is 5.66. The Kier molecular flexibility index (Phi) is 6.68. The van der Waals surface area contributed by atoms with E-state index in [1.165, 1.54) is 0 Å². The molecule has 2 aromatic heterocycles. The minimum absolute atomic E-state index is 0.415. The van der Waals surface area contributed by atoms with Gasteiger partial charge in [-0.05, 0) is 48.6 Å². The number of nitrogens with one attached hydrogen (secondary N) is 3. The summed E-state index contributed by atoms with van der Waals surface area (Å²) in [5, 5.41) is 18.7. The van der Waals surface area contributed by atoms with Gasteiger partial charge in [0.05, 0.1) is 34.6 Å². The van der Waals surface area contributed by atoms with Gasteiger partial charge in [-0.2, -0.15) is 0 Å². The summed E-state index contributed by atoms with van der Waals surface area (Å²) in [6.07, 6.45) is 1.82. The van der Waals surface area contributed by atoms with Gasteiger partial charge in [-0.1, -0.05) is 72.8 Å². The van der Waals surface area contributed by atoms with Crippen molar-refractivity contribution in [2.45, 2.75) is 0 Å². The van der Waals surface area contributed by atoms with Gasteiger partial charge in [-0.25, -0.2) is 0 Å². The van der Waals surface area contributed by atoms with Crippen LogP contribution in [0.1, 0.15) is 0 Å². The number of hydrogen-bond acceptors (Lipinski definition) is 5. The molecule has 0 saturated carbocycles. The molecular formula is C28H22N6S. The molecule has 5 aromatic rings. The van der Waals surface area contributed by atoms with Crippen LogP contribution in [0.15, 0.2) is 115 Å². The van der Waals surface area contributed by atoms with E-state index in [1.807, 2.05) is 115 Å². The molecule has 6 nitrogen and oxygen atoms in total. The molecule has 0 aliphatic carbocycles. The molecular weight excluding hydrogens is 452 g/mol. The van der Waals surface area contributed by atoms with E-state index in [0.717, 1.165) is 39.6 Å². The number of para-hydroxylation sites is 2. The molecule has 0 atom stereocenters. The molecule has 3 aromatic carbocycles. The Morgan fingerprint density at radius 2 is 1.20 bits per heavy atom. The number of aromatic nitrogens is 3. The number of benzene rings is 3. The van der Waals surface area contributed by atoms with Gasteiger partial charge >= 0.3 is 0 Å². The van der Waals surface area contributed by atoms with E-state index in [0.29, 0.717) is 10.9 Å². The third-order valence-electron chi connectivity index (χ3n) is 5.26. The summed E-state index contributed by atoms with van der Waals surface area (Å²) < 4.78 is 0. The third-order valence-corrected chi connectivity index (χ3v) is 5.47. The van der Waals surface area contributed by atoms with Gasteiger partial charge in [0.25, 0.3) is 0 Å². The summed E-state index contributed by atoms with van der Waals surface area (Å²) in [6, 6.07) is 35.6. The lowest BCUT2D eigenvalue weighted by atomic mass is 10.1. The molecule has 0 amide bonds. The van der Waals surface area contributed by atoms with Gasteiger partial charge < -0.3 is 16.0 Å². The van der Waals surface area contributed by atoms with Crippen molar-refractivity contribution in [3.63, 3.8) is 0 Å². The summed E-state index contributed by atoms with van der Waals surface area (Å²) in [5.41, 5.74) is 6.39. The first-order chi connectivity index (χ1) is 17.2. The SMILES string of the molecule is S=C(Nc1ccc(-c2ccccc2)nn1)Nc1ccccc1Nc1ccc(-c2ccccc2)nc1. The van der Waals surface area contributed by atoms with Crippen molar-refractivity contribution in [1.82, 2.24) is 15.2 Å². The first kappa shape index (κ1) is 22.2. The summed E-state index contributed by atoms with van der Waals surface area (Å²) in [4.78, 5) is 4.58. The Balaban J connectivity index is 1.24. The summed E-state index contributed by atoms with van der Waals surface area (Å²) >= 11 is 5.51. The van der Waals surface area contributed by atoms with Crippen molar-refractivity contribution in [3.8, 4) is 22.5 Å². The van der Waals surface area contributed by atoms with Gasteiger partial charge in [-0.15, -0.1) is 10.2 Å². The van der Waals surface area contributed by atoms with Crippen molar-refractivity contribution < 1.29 is 0 Å². The van der Waals surface area contributed by atoms with E-state index in [1.54, 1.807) is 0 Å². The van der Waals surface area contributed by atoms with Gasteiger partial charge in [0.1, 0.15) is 0 Å². The van der Waals surface area contributed by atoms with E-state index >= 15 is 0 Å². The Hall–Kier alpha value is -4.62. The van der Waals surface area contributed by atoms with Crippen LogP contribution in [0.2, 0.25) is 0 Å². The van der Waals surface area contributed by atoms with Crippen LogP contribution in [0.25, 0.3) is 22.5 Å². The lowest BCUT2D eigenvalue weighted by Gasteiger charge is -2.15. The second-order valence-electron chi connectivity index (χ2n) is 7.72. The van der Waals surface area contributed by atoms with Crippen LogP contribution >= 0.6 is 12.2 Å². The second-order valence-corrected chi connectivity index (χ2v) is 8.13. The monoisotopic (exact) mass is 474 g/mol. The molecule has 0 unspecified atom stereocenters. The lowest BCUT2D eigenvalue weighted by molar-refractivity contribution is 1.05. The quantitative estimate of drug-likeness (QED) is 0.235. The van der Waals surface area contributed by atoms with Crippen LogP contribution < -0.4 is 16.0 Å². The number of thiocarbonyl (C=S) groups is 1. The van der Waals surface area contributed by atoms with Gasteiger partial charge in [0.15, 0.2) is 10.9 Å². The summed E-state index contributed by atoms with van der Waals surface area (Å²) in [6.45, 7) is 0. The maximum absolute atomic E-state index is 5.51. The van der Waals surface area contributed by atoms with Gasteiger partial charge in [-0.3, -0.25) is 4.98 Å². The predicted molar refractivity (Wildman–Crippen MR) is 147 cm³/mol. The average Bonchev–Trinajstić information content (AvgIpc) is 2.92. The van der Waals surface area contributed by atoms with E-state index in [4.69, 9.17) is 12.2 Å². The molecule has 7 heteroatoms. The Morgan fingerprint density at radius 1 is 0.571 bits per heavy atom. The smallest absolute Gasteiger partial charge is 0.176 e. The lowest BCUT2D eigenvalue weighted by Crippen LogP contribution is -2.20. The minimum atomic E-state index is 0.415. The molecule has 0 radical (unpaired) electrons. The Labute approximate surface area is 209 Å². The predicted octanol–water partition coefficient (Wildman–Crippen LogP) is 6.76. The number of anilines is 4. The van der Waals surface area contributed by atoms with Crippen molar-refractivity contribution in [3.05, 3.63) is 115 Å². The minimum Gasteiger partial charge on any atom is -0.353 e. The molecule has 0 aliphatic rings. The zero-order chi connectivity index (χ0) is 23.9. The van der Waals surface area contributed by atoms with Crippen molar-refractivity contribution >= 4 is 40.2 Å². The normalized spacial score (nSPS) is 10.4. The van der Waals surface area contributed by atoms with E-state index < -0.39 is 0 Å². The fourth-order valence-corrected chi connectivity index (χ4v) is 3.75. The Bertz CT molecular complexity index is 1410. The van der Waals surface area contributed by atoms with Crippen LogP contribution in [0, 0.1) is 0 Å². The molecule has 0 saturated heterocycles. The van der Waals surface area contributed by atoms with E-state index in [2.05, 4.69) is 31.1 Å². The van der Waals surface area contributed by atoms with Gasteiger partial charge in [0.2, 0.25) is 0 Å². The van der Waals surface area contributed by atoms with Crippen LogP contribution in [0.4, 0.5) is 22.9 Å². The van der Waals surface area contributed by atoms with Crippen molar-refractivity contribution in [1.29, 1.82) is 0 Å². The zero-order valence-electron chi connectivity index (χ0n) is 18.7. The Morgan fingerprint density at radius 3 is 1.83 bits per heavy atom. The number of hydrogen-bond donors (Lipinski definition) is 3. The first-order valence-corrected chi connectivity index (χ1v) is 11.5. The molecule has 0 aliphatic heterocycles. The van der Waals surface area contributed by atoms with Crippen LogP contribution in [-0.2, 0) is 0 Å². The molecule has 170 valence electrons. The largest absolute Gasteiger partial charge is 0.353 e. The summed E-state index contributed by atoms with van der Waals surface area (Å²) in [7, 11) is 0. The zero-order valence-corrected chi connectivity index (χ0v) is 19.5. The van der Waals surface area contributed by atoms with Gasteiger partial charge in [0, 0.05) is 11.1 Å². The molecule has 5 rings (SSSR count). The standard InChI is InChI=1S/C28H22N6S/c35-28(32-27-18-17-24(33-34-27)21-11-5-2-6-12-21)31-26-14-8-7-13-25(26)30-22-15-16-23(29-19-22)20-9-3-1-4-10-20/h1-19,30H,(H2,31,32,34,35). The van der Waals surface area contributed by atoms with E-state index in [-0.39, 0.29) is 0 Å². The molecule has 2 heterocycles. The molecule has 3 N–H and O–H groups in total. The van der Waals surface area contributed by atoms with Crippen LogP contribution in [-0.4, -0.2) is 20.3 Å². The van der Waals surface area contributed by atoms with Crippen molar-refractivity contribution in [2.75, 3.05) is 16.0 Å². The van der Waals surface area contributed by atoms with E-state index in [9.17, 15) is 0 Å². The first-order valence-electron chi connectivity index (χ1n) is 11.1. The highest BCUT2D eigenvalue weighted by molar-refractivity contribution is 7.80. The van der Waals surface area contributed by atoms with Crippen molar-refractivity contribution in [2.24, 2.45) is 0 Å². The highest BCUT2D eigenvalue weighted by Gasteiger charge is 2.07. The fraction of sp³-hybridized carbons (Fsp3) is 0. The maximum Gasteiger partial charge on any atom is 0.176 e. The van der Waals surface area contributed by atoms with Crippen LogP contribution in [0.3, 0.4) is 0 Å².